The quantitative estimate of drug-likeness (QED) is 0.738. The molecule has 0 aromatic carbocycles. The van der Waals surface area contributed by atoms with Crippen LogP contribution in [0.25, 0.3) is 11.2 Å². The molecule has 0 saturated carbocycles. The van der Waals surface area contributed by atoms with Gasteiger partial charge in [0.25, 0.3) is 5.56 Å². The maximum Gasteiger partial charge on any atom is 0.332 e. The lowest BCUT2D eigenvalue weighted by atomic mass is 10.1. The number of aromatic nitrogens is 4. The Morgan fingerprint density at radius 2 is 1.80 bits per heavy atom. The Kier molecular flexibility index (Phi) is 5.13. The summed E-state index contributed by atoms with van der Waals surface area (Å²) in [7, 11) is 3.19. The van der Waals surface area contributed by atoms with Crippen LogP contribution in [0.15, 0.2) is 15.9 Å². The second kappa shape index (κ2) is 7.15. The Morgan fingerprint density at radius 1 is 1.08 bits per heavy atom. The van der Waals surface area contributed by atoms with Crippen LogP contribution in [0.4, 0.5) is 0 Å². The maximum absolute atomic E-state index is 12.5. The summed E-state index contributed by atoms with van der Waals surface area (Å²) >= 11 is 0. The van der Waals surface area contributed by atoms with Crippen molar-refractivity contribution < 1.29 is 4.48 Å². The smallest absolute Gasteiger partial charge is 0.325 e. The normalized spacial score (nSPS) is 17.2. The van der Waals surface area contributed by atoms with E-state index in [9.17, 15) is 9.59 Å². The fraction of sp³-hybridized carbons (Fsp3) is 0.722. The van der Waals surface area contributed by atoms with Crippen LogP contribution in [0.3, 0.4) is 0 Å². The fourth-order valence-corrected chi connectivity index (χ4v) is 4.36. The molecule has 0 spiro atoms. The molecule has 2 aromatic heterocycles. The molecule has 2 aromatic rings. The molecule has 7 heteroatoms. The molecule has 0 atom stereocenters. The van der Waals surface area contributed by atoms with E-state index in [1.807, 2.05) is 4.57 Å². The average molecular weight is 348 g/mol. The third-order valence-corrected chi connectivity index (χ3v) is 5.71. The molecule has 3 rings (SSSR count). The van der Waals surface area contributed by atoms with E-state index in [-0.39, 0.29) is 11.2 Å². The van der Waals surface area contributed by atoms with Gasteiger partial charge in [-0.15, -0.1) is 0 Å². The van der Waals surface area contributed by atoms with Crippen molar-refractivity contribution in [2.45, 2.75) is 45.6 Å². The van der Waals surface area contributed by atoms with Crippen molar-refractivity contribution in [1.82, 2.24) is 18.7 Å². The largest absolute Gasteiger partial charge is 0.332 e. The number of imidazole rings is 1. The van der Waals surface area contributed by atoms with E-state index in [1.54, 1.807) is 13.4 Å². The van der Waals surface area contributed by atoms with Gasteiger partial charge in [-0.1, -0.05) is 6.92 Å². The Morgan fingerprint density at radius 3 is 2.48 bits per heavy atom. The highest BCUT2D eigenvalue weighted by molar-refractivity contribution is 5.69. The van der Waals surface area contributed by atoms with Gasteiger partial charge in [-0.2, -0.15) is 0 Å². The van der Waals surface area contributed by atoms with Crippen LogP contribution in [0, 0.1) is 0 Å². The number of nitrogens with zero attached hydrogens (tertiary/aromatic N) is 5. The molecule has 138 valence electrons. The van der Waals surface area contributed by atoms with E-state index in [4.69, 9.17) is 0 Å². The molecule has 25 heavy (non-hydrogen) atoms. The van der Waals surface area contributed by atoms with Crippen LogP contribution in [-0.4, -0.2) is 49.3 Å². The monoisotopic (exact) mass is 348 g/mol. The van der Waals surface area contributed by atoms with Gasteiger partial charge in [-0.25, -0.2) is 9.78 Å². The Hall–Kier alpha value is -1.89. The Balaban J connectivity index is 1.80. The predicted molar refractivity (Wildman–Crippen MR) is 98.7 cm³/mol. The molecule has 7 nitrogen and oxygen atoms in total. The van der Waals surface area contributed by atoms with Crippen LogP contribution in [0.1, 0.15) is 39.0 Å². The molecule has 0 N–H and O–H groups in total. The molecule has 0 aliphatic carbocycles. The lowest BCUT2D eigenvalue weighted by Crippen LogP contribution is -2.52. The van der Waals surface area contributed by atoms with Gasteiger partial charge < -0.3 is 9.05 Å². The minimum absolute atomic E-state index is 0.258. The maximum atomic E-state index is 12.5. The van der Waals surface area contributed by atoms with E-state index in [0.29, 0.717) is 11.2 Å². The average Bonchev–Trinajstić information content (AvgIpc) is 3.03. The van der Waals surface area contributed by atoms with Gasteiger partial charge in [0.2, 0.25) is 0 Å². The Labute approximate surface area is 148 Å². The standard InChI is InChI=1S/C18H30N5O2/c1-4-10-23(11-6-5-7-12-23)13-8-9-22-14-19-16-15(22)17(24)21(3)18(25)20(16)2/h14H,4-13H2,1-3H3/q+1. The van der Waals surface area contributed by atoms with Crippen LogP contribution < -0.4 is 11.2 Å². The van der Waals surface area contributed by atoms with Crippen molar-refractivity contribution in [2.24, 2.45) is 14.1 Å². The molecule has 3 heterocycles. The number of quaternary nitrogens is 1. The number of piperidine rings is 1. The number of hydrogen-bond acceptors (Lipinski definition) is 3. The van der Waals surface area contributed by atoms with Crippen LogP contribution in [0.2, 0.25) is 0 Å². The molecule has 0 bridgehead atoms. The first-order chi connectivity index (χ1) is 12.0. The minimum Gasteiger partial charge on any atom is -0.325 e. The van der Waals surface area contributed by atoms with Crippen molar-refractivity contribution in [3.8, 4) is 0 Å². The van der Waals surface area contributed by atoms with Crippen molar-refractivity contribution in [3.63, 3.8) is 0 Å². The van der Waals surface area contributed by atoms with E-state index in [0.717, 1.165) is 24.1 Å². The number of hydrogen-bond donors (Lipinski definition) is 0. The van der Waals surface area contributed by atoms with Gasteiger partial charge in [0.15, 0.2) is 11.2 Å². The van der Waals surface area contributed by atoms with E-state index < -0.39 is 0 Å². The van der Waals surface area contributed by atoms with Gasteiger partial charge in [-0.3, -0.25) is 13.9 Å². The zero-order valence-electron chi connectivity index (χ0n) is 15.7. The molecule has 1 saturated heterocycles. The fourth-order valence-electron chi connectivity index (χ4n) is 4.36. The SMILES string of the molecule is CCC[N+]1(CCCn2cnc3c2c(=O)n(C)c(=O)n3C)CCCCC1. The predicted octanol–water partition coefficient (Wildman–Crippen LogP) is 1.23. The van der Waals surface area contributed by atoms with Gasteiger partial charge in [0, 0.05) is 27.1 Å². The first kappa shape index (κ1) is 17.9. The molecular formula is C18H30N5O2+. The van der Waals surface area contributed by atoms with Gasteiger partial charge in [0.1, 0.15) is 0 Å². The van der Waals surface area contributed by atoms with Crippen molar-refractivity contribution in [3.05, 3.63) is 27.2 Å². The van der Waals surface area contributed by atoms with E-state index >= 15 is 0 Å². The first-order valence-electron chi connectivity index (χ1n) is 9.45. The minimum atomic E-state index is -0.330. The molecule has 1 aliphatic rings. The summed E-state index contributed by atoms with van der Waals surface area (Å²) in [5, 5.41) is 0. The topological polar surface area (TPSA) is 61.8 Å². The molecule has 0 amide bonds. The summed E-state index contributed by atoms with van der Waals surface area (Å²) in [5.41, 5.74) is 0.420. The van der Waals surface area contributed by atoms with Crippen molar-refractivity contribution in [2.75, 3.05) is 26.2 Å². The molecule has 1 fully saturated rings. The number of fused-ring (bicyclic) bond motifs is 1. The highest BCUT2D eigenvalue weighted by atomic mass is 16.2. The van der Waals surface area contributed by atoms with Crippen molar-refractivity contribution >= 4 is 11.2 Å². The van der Waals surface area contributed by atoms with Gasteiger partial charge in [0.05, 0.1) is 32.5 Å². The Bertz CT molecular complexity index is 849. The lowest BCUT2D eigenvalue weighted by molar-refractivity contribution is -0.932. The number of likely N-dealkylation sites (tertiary alicyclic amines) is 1. The third kappa shape index (κ3) is 3.29. The summed E-state index contributed by atoms with van der Waals surface area (Å²) in [4.78, 5) is 28.8. The summed E-state index contributed by atoms with van der Waals surface area (Å²) in [6.45, 7) is 8.01. The third-order valence-electron chi connectivity index (χ3n) is 5.71. The van der Waals surface area contributed by atoms with Crippen LogP contribution in [0.5, 0.6) is 0 Å². The van der Waals surface area contributed by atoms with Crippen molar-refractivity contribution in [1.29, 1.82) is 0 Å². The second-order valence-corrected chi connectivity index (χ2v) is 7.47. The van der Waals surface area contributed by atoms with Crippen LogP contribution >= 0.6 is 0 Å². The number of rotatable bonds is 6. The van der Waals surface area contributed by atoms with E-state index in [2.05, 4.69) is 11.9 Å². The summed E-state index contributed by atoms with van der Waals surface area (Å²) < 4.78 is 5.75. The molecule has 0 unspecified atom stereocenters. The molecular weight excluding hydrogens is 318 g/mol. The zero-order valence-corrected chi connectivity index (χ0v) is 15.7. The first-order valence-corrected chi connectivity index (χ1v) is 9.45. The summed E-state index contributed by atoms with van der Waals surface area (Å²) in [6, 6.07) is 0. The van der Waals surface area contributed by atoms with Crippen LogP contribution in [-0.2, 0) is 20.6 Å². The number of aryl methyl sites for hydroxylation is 2. The zero-order chi connectivity index (χ0) is 18.0. The lowest BCUT2D eigenvalue weighted by Gasteiger charge is -2.41. The second-order valence-electron chi connectivity index (χ2n) is 7.47. The van der Waals surface area contributed by atoms with E-state index in [1.165, 1.54) is 61.4 Å². The highest BCUT2D eigenvalue weighted by Crippen LogP contribution is 2.20. The molecule has 0 radical (unpaired) electrons. The van der Waals surface area contributed by atoms with Gasteiger partial charge in [-0.05, 0) is 25.7 Å². The van der Waals surface area contributed by atoms with Gasteiger partial charge >= 0.3 is 5.69 Å². The summed E-state index contributed by atoms with van der Waals surface area (Å²) in [5.74, 6) is 0. The highest BCUT2D eigenvalue weighted by Gasteiger charge is 2.28. The molecule has 1 aliphatic heterocycles. The summed E-state index contributed by atoms with van der Waals surface area (Å²) in [6.07, 6.45) is 7.97.